The fourth-order valence-corrected chi connectivity index (χ4v) is 4.22. The molecule has 8 heteroatoms. The largest absolute Gasteiger partial charge is 0.469 e. The Balaban J connectivity index is 2.01. The first-order valence-electron chi connectivity index (χ1n) is 8.79. The van der Waals surface area contributed by atoms with Gasteiger partial charge in [0.15, 0.2) is 0 Å². The van der Waals surface area contributed by atoms with Gasteiger partial charge in [-0.2, -0.15) is 4.72 Å². The number of carbonyl (C=O) groups excluding carboxylic acids is 1. The lowest BCUT2D eigenvalue weighted by atomic mass is 10.0. The maximum atomic E-state index is 12.6. The van der Waals surface area contributed by atoms with E-state index in [1.165, 1.54) is 12.1 Å². The molecule has 2 aromatic rings. The highest BCUT2D eigenvalue weighted by Crippen LogP contribution is 2.17. The summed E-state index contributed by atoms with van der Waals surface area (Å²) in [5, 5.41) is 3.19. The van der Waals surface area contributed by atoms with Gasteiger partial charge in [-0.05, 0) is 49.6 Å². The molecule has 1 heterocycles. The molecule has 0 saturated heterocycles. The van der Waals surface area contributed by atoms with Crippen LogP contribution in [0.3, 0.4) is 0 Å². The summed E-state index contributed by atoms with van der Waals surface area (Å²) in [6.45, 7) is 5.46. The van der Waals surface area contributed by atoms with Crippen molar-refractivity contribution in [3.05, 3.63) is 53.4 Å². The lowest BCUT2D eigenvalue weighted by Crippen LogP contribution is -2.51. The normalized spacial score (nSPS) is 14.1. The van der Waals surface area contributed by atoms with Gasteiger partial charge in [0.25, 0.3) is 0 Å². The number of nitrogens with one attached hydrogen (secondary N) is 2. The minimum absolute atomic E-state index is 0.0271. The summed E-state index contributed by atoms with van der Waals surface area (Å²) in [5.74, 6) is 0.261. The number of benzene rings is 1. The molecule has 2 rings (SSSR count). The van der Waals surface area contributed by atoms with Gasteiger partial charge in [0.2, 0.25) is 15.9 Å². The van der Waals surface area contributed by atoms with E-state index in [9.17, 15) is 13.2 Å². The fourth-order valence-electron chi connectivity index (χ4n) is 2.58. The quantitative estimate of drug-likeness (QED) is 0.660. The highest BCUT2D eigenvalue weighted by Gasteiger charge is 2.29. The van der Waals surface area contributed by atoms with E-state index in [2.05, 4.69) is 10.0 Å². The van der Waals surface area contributed by atoms with Crippen molar-refractivity contribution in [3.63, 3.8) is 0 Å². The van der Waals surface area contributed by atoms with Crippen molar-refractivity contribution in [2.75, 3.05) is 0 Å². The molecule has 0 fully saturated rings. The average molecular weight is 413 g/mol. The Morgan fingerprint density at radius 3 is 2.52 bits per heavy atom. The zero-order valence-electron chi connectivity index (χ0n) is 15.6. The van der Waals surface area contributed by atoms with Crippen LogP contribution >= 0.6 is 11.6 Å². The Labute approximate surface area is 165 Å². The third kappa shape index (κ3) is 6.37. The fraction of sp³-hybridized carbons (Fsp3) is 0.421. The summed E-state index contributed by atoms with van der Waals surface area (Å²) in [7, 11) is -3.87. The highest BCUT2D eigenvalue weighted by molar-refractivity contribution is 7.89. The minimum atomic E-state index is -3.87. The summed E-state index contributed by atoms with van der Waals surface area (Å²) < 4.78 is 33.0. The summed E-state index contributed by atoms with van der Waals surface area (Å²) in [6.07, 6.45) is 2.98. The molecule has 0 radical (unpaired) electrons. The predicted molar refractivity (Wildman–Crippen MR) is 105 cm³/mol. The maximum absolute atomic E-state index is 12.6. The van der Waals surface area contributed by atoms with Gasteiger partial charge >= 0.3 is 0 Å². The number of sulfonamides is 1. The van der Waals surface area contributed by atoms with Crippen LogP contribution in [-0.2, 0) is 21.2 Å². The van der Waals surface area contributed by atoms with Crippen molar-refractivity contribution in [1.29, 1.82) is 0 Å². The Morgan fingerprint density at radius 2 is 1.93 bits per heavy atom. The van der Waals surface area contributed by atoms with E-state index < -0.39 is 16.1 Å². The van der Waals surface area contributed by atoms with Gasteiger partial charge in [0.1, 0.15) is 11.8 Å². The van der Waals surface area contributed by atoms with Crippen LogP contribution in [0.2, 0.25) is 5.02 Å². The number of carbonyl (C=O) groups is 1. The third-order valence-corrected chi connectivity index (χ3v) is 5.80. The summed E-state index contributed by atoms with van der Waals surface area (Å²) >= 11 is 5.88. The first kappa shape index (κ1) is 21.5. The van der Waals surface area contributed by atoms with Crippen LogP contribution in [0, 0.1) is 5.92 Å². The first-order valence-corrected chi connectivity index (χ1v) is 10.7. The molecule has 0 saturated carbocycles. The third-order valence-electron chi connectivity index (χ3n) is 4.13. The van der Waals surface area contributed by atoms with Crippen molar-refractivity contribution in [1.82, 2.24) is 10.0 Å². The maximum Gasteiger partial charge on any atom is 0.241 e. The molecule has 1 amide bonds. The number of amides is 1. The van der Waals surface area contributed by atoms with E-state index in [0.717, 1.165) is 5.76 Å². The van der Waals surface area contributed by atoms with E-state index in [-0.39, 0.29) is 22.8 Å². The number of aryl methyl sites for hydroxylation is 1. The molecular formula is C19H25ClN2O4S. The zero-order valence-corrected chi connectivity index (χ0v) is 17.2. The smallest absolute Gasteiger partial charge is 0.241 e. The highest BCUT2D eigenvalue weighted by atomic mass is 35.5. The van der Waals surface area contributed by atoms with Gasteiger partial charge in [-0.25, -0.2) is 8.42 Å². The Morgan fingerprint density at radius 1 is 1.19 bits per heavy atom. The van der Waals surface area contributed by atoms with Crippen molar-refractivity contribution < 1.29 is 17.6 Å². The second-order valence-electron chi connectivity index (χ2n) is 6.83. The molecule has 6 nitrogen and oxygen atoms in total. The zero-order chi connectivity index (χ0) is 20.0. The molecule has 2 atom stereocenters. The monoisotopic (exact) mass is 412 g/mol. The van der Waals surface area contributed by atoms with E-state index >= 15 is 0 Å². The van der Waals surface area contributed by atoms with Gasteiger partial charge in [0.05, 0.1) is 11.2 Å². The summed E-state index contributed by atoms with van der Waals surface area (Å²) in [6, 6.07) is 8.62. The molecule has 27 heavy (non-hydrogen) atoms. The SMILES string of the molecule is CC(CCc1ccco1)NC(=O)[C@@H](NS(=O)(=O)c1cccc(Cl)c1)C(C)C. The van der Waals surface area contributed by atoms with Crippen molar-refractivity contribution in [2.45, 2.75) is 50.6 Å². The van der Waals surface area contributed by atoms with Crippen LogP contribution in [0.15, 0.2) is 52.0 Å². The molecule has 0 bridgehead atoms. The molecule has 0 aliphatic carbocycles. The van der Waals surface area contributed by atoms with Gasteiger partial charge < -0.3 is 9.73 Å². The molecule has 148 valence electrons. The molecule has 0 spiro atoms. The molecule has 0 aliphatic rings. The molecule has 2 N–H and O–H groups in total. The van der Waals surface area contributed by atoms with Crippen molar-refractivity contribution in [3.8, 4) is 0 Å². The summed E-state index contributed by atoms with van der Waals surface area (Å²) in [5.41, 5.74) is 0. The number of hydrogen-bond acceptors (Lipinski definition) is 4. The van der Waals surface area contributed by atoms with E-state index in [1.54, 1.807) is 32.2 Å². The van der Waals surface area contributed by atoms with Crippen molar-refractivity contribution in [2.24, 2.45) is 5.92 Å². The average Bonchev–Trinajstić information content (AvgIpc) is 3.11. The van der Waals surface area contributed by atoms with Gasteiger partial charge in [-0.3, -0.25) is 4.79 Å². The van der Waals surface area contributed by atoms with Gasteiger partial charge in [-0.15, -0.1) is 0 Å². The van der Waals surface area contributed by atoms with Crippen LogP contribution < -0.4 is 10.0 Å². The van der Waals surface area contributed by atoms with E-state index in [1.807, 2.05) is 19.1 Å². The predicted octanol–water partition coefficient (Wildman–Crippen LogP) is 3.37. The number of rotatable bonds is 9. The standard InChI is InChI=1S/C19H25ClN2O4S/c1-13(2)18(22-27(24,25)17-8-4-6-15(20)12-17)19(23)21-14(3)9-10-16-7-5-11-26-16/h4-8,11-14,18,22H,9-10H2,1-3H3,(H,21,23)/t14?,18-/m0/s1. The Hall–Kier alpha value is -1.83. The lowest BCUT2D eigenvalue weighted by molar-refractivity contribution is -0.124. The van der Waals surface area contributed by atoms with Crippen molar-refractivity contribution >= 4 is 27.5 Å². The number of hydrogen-bond donors (Lipinski definition) is 2. The Kier molecular flexibility index (Phi) is 7.47. The topological polar surface area (TPSA) is 88.4 Å². The van der Waals surface area contributed by atoms with E-state index in [0.29, 0.717) is 17.9 Å². The van der Waals surface area contributed by atoms with E-state index in [4.69, 9.17) is 16.0 Å². The van der Waals surface area contributed by atoms with Gasteiger partial charge in [0, 0.05) is 17.5 Å². The van der Waals surface area contributed by atoms with Crippen LogP contribution in [0.4, 0.5) is 0 Å². The van der Waals surface area contributed by atoms with Crippen LogP contribution in [-0.4, -0.2) is 26.4 Å². The molecule has 1 unspecified atom stereocenters. The van der Waals surface area contributed by atoms with Crippen LogP contribution in [0.25, 0.3) is 0 Å². The van der Waals surface area contributed by atoms with Crippen LogP contribution in [0.5, 0.6) is 0 Å². The Bertz CT molecular complexity index is 850. The molecular weight excluding hydrogens is 388 g/mol. The number of furan rings is 1. The molecule has 1 aromatic heterocycles. The second kappa shape index (κ2) is 9.39. The summed E-state index contributed by atoms with van der Waals surface area (Å²) in [4.78, 5) is 12.7. The second-order valence-corrected chi connectivity index (χ2v) is 8.98. The molecule has 0 aliphatic heterocycles. The van der Waals surface area contributed by atoms with Crippen LogP contribution in [0.1, 0.15) is 33.0 Å². The van der Waals surface area contributed by atoms with Gasteiger partial charge in [-0.1, -0.05) is 31.5 Å². The molecule has 1 aromatic carbocycles. The number of halogens is 1. The lowest BCUT2D eigenvalue weighted by Gasteiger charge is -2.24. The first-order chi connectivity index (χ1) is 12.7. The minimum Gasteiger partial charge on any atom is -0.469 e.